The molecule has 1 amide bonds. The minimum Gasteiger partial charge on any atom is -0.316 e. The average Bonchev–Trinajstić information content (AvgIpc) is 2.35. The van der Waals surface area contributed by atoms with E-state index in [-0.39, 0.29) is 13.1 Å². The van der Waals surface area contributed by atoms with E-state index in [0.29, 0.717) is 6.42 Å². The second-order valence-corrected chi connectivity index (χ2v) is 4.92. The number of amides is 1. The minimum atomic E-state index is -4.01. The maximum absolute atomic E-state index is 11.2. The Hall–Kier alpha value is -1.60. The summed E-state index contributed by atoms with van der Waals surface area (Å²) in [5, 5.41) is 2.35. The minimum absolute atomic E-state index is 0.211. The molecule has 1 aromatic rings. The van der Waals surface area contributed by atoms with Gasteiger partial charge in [-0.15, -0.1) is 0 Å². The molecular weight excluding hydrogens is 256 g/mol. The molecule has 0 aliphatic heterocycles. The highest BCUT2D eigenvalue weighted by Gasteiger charge is 2.15. The lowest BCUT2D eigenvalue weighted by atomic mass is 10.2. The first-order valence-corrected chi connectivity index (χ1v) is 6.95. The molecule has 0 saturated heterocycles. The van der Waals surface area contributed by atoms with E-state index in [9.17, 15) is 13.2 Å². The highest BCUT2D eigenvalue weighted by atomic mass is 32.2. The summed E-state index contributed by atoms with van der Waals surface area (Å²) in [6.45, 7) is 2.25. The molecule has 18 heavy (non-hydrogen) atoms. The van der Waals surface area contributed by atoms with Crippen LogP contribution in [0, 0.1) is 0 Å². The Balaban J connectivity index is 2.38. The first-order chi connectivity index (χ1) is 8.53. The van der Waals surface area contributed by atoms with E-state index in [1.165, 1.54) is 0 Å². The van der Waals surface area contributed by atoms with Crippen molar-refractivity contribution >= 4 is 16.4 Å². The highest BCUT2D eigenvalue weighted by molar-refractivity contribution is 7.85. The van der Waals surface area contributed by atoms with Crippen LogP contribution in [-0.2, 0) is 21.0 Å². The molecule has 0 fully saturated rings. The first kappa shape index (κ1) is 14.5. The second kappa shape index (κ2) is 6.97. The summed E-state index contributed by atoms with van der Waals surface area (Å²) in [4.78, 5) is 11.2. The summed E-state index contributed by atoms with van der Waals surface area (Å²) in [5.74, 6) is 0. The summed E-state index contributed by atoms with van der Waals surface area (Å²) in [6.07, 6.45) is -0.378. The van der Waals surface area contributed by atoms with E-state index in [4.69, 9.17) is 0 Å². The third-order valence-electron chi connectivity index (χ3n) is 1.99. The Bertz CT molecular complexity index is 473. The molecule has 0 saturated carbocycles. The fourth-order valence-corrected chi connectivity index (χ4v) is 1.93. The van der Waals surface area contributed by atoms with Crippen LogP contribution in [0.5, 0.6) is 0 Å². The smallest absolute Gasteiger partial charge is 0.316 e. The predicted octanol–water partition coefficient (Wildman–Crippen LogP) is 1.16. The van der Waals surface area contributed by atoms with Crippen molar-refractivity contribution in [2.24, 2.45) is 0 Å². The molecule has 0 aliphatic rings. The standard InChI is InChI=1S/C11H16N2O4S/c1-2-8-13-18(15,16)17-11(14)12-9-10-6-4-3-5-7-10/h3-7,13H,2,8-9H2,1H3,(H,12,14). The van der Waals surface area contributed by atoms with Crippen LogP contribution >= 0.6 is 0 Å². The van der Waals surface area contributed by atoms with Gasteiger partial charge in [-0.2, -0.15) is 13.1 Å². The molecule has 0 radical (unpaired) electrons. The van der Waals surface area contributed by atoms with Gasteiger partial charge in [-0.1, -0.05) is 37.3 Å². The summed E-state index contributed by atoms with van der Waals surface area (Å²) >= 11 is 0. The third kappa shape index (κ3) is 5.65. The van der Waals surface area contributed by atoms with Crippen molar-refractivity contribution in [1.29, 1.82) is 0 Å². The van der Waals surface area contributed by atoms with Crippen LogP contribution in [0.2, 0.25) is 0 Å². The van der Waals surface area contributed by atoms with Crippen LogP contribution < -0.4 is 10.0 Å². The zero-order valence-electron chi connectivity index (χ0n) is 10.0. The maximum atomic E-state index is 11.2. The zero-order chi connectivity index (χ0) is 13.4. The largest absolute Gasteiger partial charge is 0.423 e. The van der Waals surface area contributed by atoms with Gasteiger partial charge in [0.2, 0.25) is 0 Å². The van der Waals surface area contributed by atoms with Crippen molar-refractivity contribution in [3.63, 3.8) is 0 Å². The third-order valence-corrected chi connectivity index (χ3v) is 2.92. The van der Waals surface area contributed by atoms with Gasteiger partial charge in [0.25, 0.3) is 0 Å². The molecule has 2 N–H and O–H groups in total. The van der Waals surface area contributed by atoms with Gasteiger partial charge in [0.1, 0.15) is 0 Å². The number of rotatable bonds is 6. The van der Waals surface area contributed by atoms with Crippen LogP contribution in [-0.4, -0.2) is 21.1 Å². The van der Waals surface area contributed by atoms with Crippen molar-refractivity contribution in [3.8, 4) is 0 Å². The topological polar surface area (TPSA) is 84.5 Å². The van der Waals surface area contributed by atoms with Gasteiger partial charge in [0.05, 0.1) is 0 Å². The molecule has 0 bridgehead atoms. The summed E-state index contributed by atoms with van der Waals surface area (Å²) in [6, 6.07) is 9.11. The Morgan fingerprint density at radius 3 is 2.56 bits per heavy atom. The van der Waals surface area contributed by atoms with Gasteiger partial charge in [0, 0.05) is 13.1 Å². The Kier molecular flexibility index (Phi) is 5.60. The molecule has 1 aromatic carbocycles. The van der Waals surface area contributed by atoms with Crippen molar-refractivity contribution in [2.75, 3.05) is 6.54 Å². The Morgan fingerprint density at radius 1 is 1.28 bits per heavy atom. The number of hydrogen-bond acceptors (Lipinski definition) is 4. The molecule has 0 aromatic heterocycles. The predicted molar refractivity (Wildman–Crippen MR) is 67.0 cm³/mol. The quantitative estimate of drug-likeness (QED) is 0.813. The van der Waals surface area contributed by atoms with Crippen LogP contribution in [0.15, 0.2) is 30.3 Å². The molecule has 0 heterocycles. The van der Waals surface area contributed by atoms with E-state index in [1.807, 2.05) is 30.3 Å². The molecule has 0 atom stereocenters. The van der Waals surface area contributed by atoms with Gasteiger partial charge in [-0.05, 0) is 12.0 Å². The normalized spacial score (nSPS) is 10.9. The number of benzene rings is 1. The zero-order valence-corrected chi connectivity index (χ0v) is 10.9. The lowest BCUT2D eigenvalue weighted by Crippen LogP contribution is -2.33. The SMILES string of the molecule is CCCNS(=O)(=O)OC(=O)NCc1ccccc1. The molecular formula is C11H16N2O4S. The lowest BCUT2D eigenvalue weighted by molar-refractivity contribution is 0.201. The molecule has 1 rings (SSSR count). The van der Waals surface area contributed by atoms with Crippen molar-refractivity contribution in [2.45, 2.75) is 19.9 Å². The Labute approximate surface area is 107 Å². The van der Waals surface area contributed by atoms with Crippen LogP contribution in [0.4, 0.5) is 4.79 Å². The highest BCUT2D eigenvalue weighted by Crippen LogP contribution is 1.98. The molecule has 0 unspecified atom stereocenters. The number of carbonyl (C=O) groups is 1. The van der Waals surface area contributed by atoms with Crippen LogP contribution in [0.3, 0.4) is 0 Å². The molecule has 0 aliphatic carbocycles. The first-order valence-electron chi connectivity index (χ1n) is 5.54. The van der Waals surface area contributed by atoms with E-state index in [0.717, 1.165) is 5.56 Å². The molecule has 0 spiro atoms. The molecule has 7 heteroatoms. The number of carbonyl (C=O) groups excluding carboxylic acids is 1. The van der Waals surface area contributed by atoms with Gasteiger partial charge >= 0.3 is 16.4 Å². The second-order valence-electron chi connectivity index (χ2n) is 3.56. The van der Waals surface area contributed by atoms with E-state index >= 15 is 0 Å². The van der Waals surface area contributed by atoms with E-state index in [1.54, 1.807) is 6.92 Å². The molecule has 100 valence electrons. The number of hydrogen-bond donors (Lipinski definition) is 2. The average molecular weight is 272 g/mol. The van der Waals surface area contributed by atoms with E-state index < -0.39 is 16.4 Å². The van der Waals surface area contributed by atoms with Gasteiger partial charge in [-0.25, -0.2) is 4.79 Å². The number of nitrogens with one attached hydrogen (secondary N) is 2. The van der Waals surface area contributed by atoms with Crippen molar-refractivity contribution in [3.05, 3.63) is 35.9 Å². The summed E-state index contributed by atoms with van der Waals surface area (Å²) < 4.78 is 28.8. The van der Waals surface area contributed by atoms with Crippen LogP contribution in [0.25, 0.3) is 0 Å². The van der Waals surface area contributed by atoms with Crippen LogP contribution in [0.1, 0.15) is 18.9 Å². The fourth-order valence-electron chi connectivity index (χ4n) is 1.16. The van der Waals surface area contributed by atoms with Gasteiger partial charge in [0.15, 0.2) is 0 Å². The maximum Gasteiger partial charge on any atom is 0.423 e. The monoisotopic (exact) mass is 272 g/mol. The summed E-state index contributed by atoms with van der Waals surface area (Å²) in [7, 11) is -4.01. The van der Waals surface area contributed by atoms with Crippen molar-refractivity contribution < 1.29 is 17.4 Å². The summed E-state index contributed by atoms with van der Waals surface area (Å²) in [5.41, 5.74) is 0.855. The van der Waals surface area contributed by atoms with Crippen molar-refractivity contribution in [1.82, 2.24) is 10.0 Å². The van der Waals surface area contributed by atoms with Gasteiger partial charge < -0.3 is 9.50 Å². The lowest BCUT2D eigenvalue weighted by Gasteiger charge is -2.07. The van der Waals surface area contributed by atoms with E-state index in [2.05, 4.69) is 14.2 Å². The van der Waals surface area contributed by atoms with Gasteiger partial charge in [-0.3, -0.25) is 0 Å². The fraction of sp³-hybridized carbons (Fsp3) is 0.364. The molecule has 6 nitrogen and oxygen atoms in total. The Morgan fingerprint density at radius 2 is 1.94 bits per heavy atom.